The smallest absolute Gasteiger partial charge is 0.234 e. The van der Waals surface area contributed by atoms with Crippen LogP contribution in [0, 0.1) is 12.7 Å². The van der Waals surface area contributed by atoms with E-state index in [2.05, 4.69) is 38.7 Å². The van der Waals surface area contributed by atoms with Crippen molar-refractivity contribution in [2.24, 2.45) is 0 Å². The third-order valence-electron chi connectivity index (χ3n) is 4.75. The number of nitrogens with one attached hydrogen (secondary N) is 1. The fraction of sp³-hybridized carbons (Fsp3) is 0.300. The molecule has 1 N–H and O–H groups in total. The van der Waals surface area contributed by atoms with Crippen LogP contribution in [0.3, 0.4) is 0 Å². The normalized spacial score (nSPS) is 13.7. The molecule has 150 valence electrons. The van der Waals surface area contributed by atoms with Gasteiger partial charge in [-0.3, -0.25) is 4.79 Å². The zero-order chi connectivity index (χ0) is 20.2. The van der Waals surface area contributed by atoms with Crippen LogP contribution in [0.4, 0.5) is 15.8 Å². The topological polar surface area (TPSA) is 75.9 Å². The number of hydrogen-bond acceptors (Lipinski definition) is 6. The SMILES string of the molecule is Cc1cc(NC(=O)CSc2nnnn2-c2cccc(F)c2)ccc1N1CCCC1. The number of anilines is 2. The van der Waals surface area contributed by atoms with E-state index in [9.17, 15) is 9.18 Å². The van der Waals surface area contributed by atoms with Gasteiger partial charge in [0.15, 0.2) is 0 Å². The lowest BCUT2D eigenvalue weighted by atomic mass is 10.1. The van der Waals surface area contributed by atoms with Crippen LogP contribution in [-0.2, 0) is 4.79 Å². The van der Waals surface area contributed by atoms with Gasteiger partial charge in [-0.15, -0.1) is 5.10 Å². The highest BCUT2D eigenvalue weighted by Crippen LogP contribution is 2.27. The van der Waals surface area contributed by atoms with E-state index in [1.165, 1.54) is 47.1 Å². The molecule has 1 amide bonds. The Morgan fingerprint density at radius 3 is 2.79 bits per heavy atom. The Labute approximate surface area is 172 Å². The van der Waals surface area contributed by atoms with E-state index in [0.717, 1.165) is 24.3 Å². The van der Waals surface area contributed by atoms with Crippen molar-refractivity contribution < 1.29 is 9.18 Å². The number of aromatic nitrogens is 4. The predicted octanol–water partition coefficient (Wildman–Crippen LogP) is 3.44. The molecule has 1 aromatic heterocycles. The third kappa shape index (κ3) is 4.56. The minimum Gasteiger partial charge on any atom is -0.371 e. The number of tetrazole rings is 1. The van der Waals surface area contributed by atoms with Crippen LogP contribution in [-0.4, -0.2) is 45.0 Å². The van der Waals surface area contributed by atoms with Gasteiger partial charge in [-0.25, -0.2) is 4.39 Å². The van der Waals surface area contributed by atoms with Gasteiger partial charge in [0, 0.05) is 24.5 Å². The maximum atomic E-state index is 13.5. The van der Waals surface area contributed by atoms with E-state index in [0.29, 0.717) is 10.8 Å². The summed E-state index contributed by atoms with van der Waals surface area (Å²) in [5.74, 6) is -0.389. The van der Waals surface area contributed by atoms with Crippen LogP contribution in [0.15, 0.2) is 47.6 Å². The molecule has 29 heavy (non-hydrogen) atoms. The monoisotopic (exact) mass is 412 g/mol. The van der Waals surface area contributed by atoms with Crippen molar-refractivity contribution in [1.29, 1.82) is 0 Å². The molecule has 3 aromatic rings. The first-order chi connectivity index (χ1) is 14.1. The maximum absolute atomic E-state index is 13.5. The van der Waals surface area contributed by atoms with Gasteiger partial charge in [-0.2, -0.15) is 4.68 Å². The summed E-state index contributed by atoms with van der Waals surface area (Å²) in [5.41, 5.74) is 3.64. The molecule has 2 aromatic carbocycles. The molecule has 1 saturated heterocycles. The molecule has 0 radical (unpaired) electrons. The first-order valence-corrected chi connectivity index (χ1v) is 10.4. The van der Waals surface area contributed by atoms with Gasteiger partial charge >= 0.3 is 0 Å². The highest BCUT2D eigenvalue weighted by atomic mass is 32.2. The summed E-state index contributed by atoms with van der Waals surface area (Å²) in [6.45, 7) is 4.23. The van der Waals surface area contributed by atoms with Gasteiger partial charge < -0.3 is 10.2 Å². The zero-order valence-corrected chi connectivity index (χ0v) is 16.8. The summed E-state index contributed by atoms with van der Waals surface area (Å²) in [6, 6.07) is 12.0. The Morgan fingerprint density at radius 2 is 2.03 bits per heavy atom. The minimum atomic E-state index is -0.376. The standard InChI is InChI=1S/C20H21FN6OS/c1-14-11-16(7-8-18(14)26-9-2-3-10-26)22-19(28)13-29-20-23-24-25-27(20)17-6-4-5-15(21)12-17/h4-8,11-12H,2-3,9-10,13H2,1H3,(H,22,28). The predicted molar refractivity (Wildman–Crippen MR) is 111 cm³/mol. The number of amides is 1. The van der Waals surface area contributed by atoms with E-state index in [-0.39, 0.29) is 17.5 Å². The lowest BCUT2D eigenvalue weighted by Crippen LogP contribution is -2.19. The highest BCUT2D eigenvalue weighted by Gasteiger charge is 2.15. The van der Waals surface area contributed by atoms with Crippen molar-refractivity contribution in [3.8, 4) is 5.69 Å². The van der Waals surface area contributed by atoms with Crippen molar-refractivity contribution in [1.82, 2.24) is 20.2 Å². The highest BCUT2D eigenvalue weighted by molar-refractivity contribution is 7.99. The summed E-state index contributed by atoms with van der Waals surface area (Å²) < 4.78 is 14.9. The second-order valence-corrected chi connectivity index (χ2v) is 7.83. The Balaban J connectivity index is 1.37. The van der Waals surface area contributed by atoms with E-state index in [1.807, 2.05) is 12.1 Å². The fourth-order valence-electron chi connectivity index (χ4n) is 3.41. The number of hydrogen-bond donors (Lipinski definition) is 1. The Kier molecular flexibility index (Phi) is 5.75. The first kappa shape index (κ1) is 19.4. The molecule has 2 heterocycles. The molecule has 1 fully saturated rings. The van der Waals surface area contributed by atoms with Crippen LogP contribution >= 0.6 is 11.8 Å². The summed E-state index contributed by atoms with van der Waals surface area (Å²) in [5, 5.41) is 14.8. The molecule has 1 aliphatic heterocycles. The first-order valence-electron chi connectivity index (χ1n) is 9.43. The maximum Gasteiger partial charge on any atom is 0.234 e. The summed E-state index contributed by atoms with van der Waals surface area (Å²) >= 11 is 1.19. The largest absolute Gasteiger partial charge is 0.371 e. The molecular weight excluding hydrogens is 391 g/mol. The number of carbonyl (C=O) groups is 1. The molecule has 0 spiro atoms. The van der Waals surface area contributed by atoms with Crippen molar-refractivity contribution >= 4 is 29.0 Å². The number of nitrogens with zero attached hydrogens (tertiary/aromatic N) is 5. The average Bonchev–Trinajstić information content (AvgIpc) is 3.38. The van der Waals surface area contributed by atoms with E-state index in [1.54, 1.807) is 12.1 Å². The third-order valence-corrected chi connectivity index (χ3v) is 5.67. The lowest BCUT2D eigenvalue weighted by Gasteiger charge is -2.20. The Hall–Kier alpha value is -2.94. The van der Waals surface area contributed by atoms with Crippen molar-refractivity contribution in [3.05, 3.63) is 53.8 Å². The second kappa shape index (κ2) is 8.60. The Bertz CT molecular complexity index is 1020. The van der Waals surface area contributed by atoms with Crippen molar-refractivity contribution in [2.45, 2.75) is 24.9 Å². The molecule has 1 aliphatic rings. The lowest BCUT2D eigenvalue weighted by molar-refractivity contribution is -0.113. The molecule has 0 aliphatic carbocycles. The zero-order valence-electron chi connectivity index (χ0n) is 16.0. The van der Waals surface area contributed by atoms with Gasteiger partial charge in [-0.1, -0.05) is 17.8 Å². The van der Waals surface area contributed by atoms with Crippen molar-refractivity contribution in [3.63, 3.8) is 0 Å². The van der Waals surface area contributed by atoms with E-state index in [4.69, 9.17) is 0 Å². The van der Waals surface area contributed by atoms with Gasteiger partial charge in [-0.05, 0) is 72.2 Å². The molecule has 0 unspecified atom stereocenters. The molecule has 0 bridgehead atoms. The number of halogens is 1. The summed E-state index contributed by atoms with van der Waals surface area (Å²) in [6.07, 6.45) is 2.45. The molecular formula is C20H21FN6OS. The van der Waals surface area contributed by atoms with E-state index >= 15 is 0 Å². The van der Waals surface area contributed by atoms with Gasteiger partial charge in [0.1, 0.15) is 5.82 Å². The molecule has 9 heteroatoms. The number of rotatable bonds is 6. The molecule has 4 rings (SSSR count). The van der Waals surface area contributed by atoms with Gasteiger partial charge in [0.2, 0.25) is 11.1 Å². The van der Waals surface area contributed by atoms with Crippen molar-refractivity contribution in [2.75, 3.05) is 29.1 Å². The summed E-state index contributed by atoms with van der Waals surface area (Å²) in [4.78, 5) is 14.8. The van der Waals surface area contributed by atoms with Crippen LogP contribution in [0.1, 0.15) is 18.4 Å². The van der Waals surface area contributed by atoms with Crippen LogP contribution in [0.2, 0.25) is 0 Å². The second-order valence-electron chi connectivity index (χ2n) is 6.89. The molecule has 0 saturated carbocycles. The van der Waals surface area contributed by atoms with Gasteiger partial charge in [0.05, 0.1) is 11.4 Å². The van der Waals surface area contributed by atoms with Crippen LogP contribution in [0.25, 0.3) is 5.69 Å². The minimum absolute atomic E-state index is 0.141. The van der Waals surface area contributed by atoms with Crippen LogP contribution < -0.4 is 10.2 Å². The van der Waals surface area contributed by atoms with Gasteiger partial charge in [0.25, 0.3) is 0 Å². The fourth-order valence-corrected chi connectivity index (χ4v) is 4.10. The Morgan fingerprint density at radius 1 is 1.21 bits per heavy atom. The van der Waals surface area contributed by atoms with Crippen LogP contribution in [0.5, 0.6) is 0 Å². The quantitative estimate of drug-likeness (QED) is 0.625. The molecule has 0 atom stereocenters. The number of thioether (sulfide) groups is 1. The number of aryl methyl sites for hydroxylation is 1. The van der Waals surface area contributed by atoms with E-state index < -0.39 is 0 Å². The number of benzene rings is 2. The molecule has 7 nitrogen and oxygen atoms in total. The average molecular weight is 412 g/mol. The number of carbonyl (C=O) groups excluding carboxylic acids is 1. The summed E-state index contributed by atoms with van der Waals surface area (Å²) in [7, 11) is 0.